The van der Waals surface area contributed by atoms with Crippen LogP contribution in [0.25, 0.3) is 0 Å². The van der Waals surface area contributed by atoms with Crippen LogP contribution in [-0.4, -0.2) is 18.3 Å². The number of para-hydroxylation sites is 1. The van der Waals surface area contributed by atoms with E-state index in [0.717, 1.165) is 40.6 Å². The molecule has 8 rings (SSSR count). The van der Waals surface area contributed by atoms with Crippen molar-refractivity contribution in [3.63, 3.8) is 0 Å². The lowest BCUT2D eigenvalue weighted by atomic mass is 9.41. The first-order chi connectivity index (χ1) is 15.3. The molecule has 0 N–H and O–H groups in total. The fourth-order valence-electron chi connectivity index (χ4n) is 8.06. The van der Waals surface area contributed by atoms with Crippen LogP contribution in [0.4, 0.5) is 0 Å². The highest BCUT2D eigenvalue weighted by atomic mass is 16.7. The molecule has 0 amide bonds. The van der Waals surface area contributed by atoms with E-state index in [2.05, 4.69) is 70.2 Å². The largest absolute Gasteiger partial charge is 0.494 e. The van der Waals surface area contributed by atoms with Crippen molar-refractivity contribution in [3.05, 3.63) is 53.6 Å². The van der Waals surface area contributed by atoms with Crippen LogP contribution in [0.1, 0.15) is 70.9 Å². The Hall–Kier alpha value is -1.78. The van der Waals surface area contributed by atoms with Gasteiger partial charge >= 0.3 is 7.12 Å². The number of hydrogen-bond donors (Lipinski definition) is 0. The first-order valence-electron chi connectivity index (χ1n) is 12.6. The molecule has 5 fully saturated rings. The minimum absolute atomic E-state index is 0.103. The molecule has 4 heteroatoms. The average molecular weight is 428 g/mol. The number of hydrogen-bond acceptors (Lipinski definition) is 3. The lowest BCUT2D eigenvalue weighted by molar-refractivity contribution is -0.0452. The molecule has 0 aromatic heterocycles. The van der Waals surface area contributed by atoms with Gasteiger partial charge in [-0.2, -0.15) is 0 Å². The third-order valence-electron chi connectivity index (χ3n) is 9.96. The number of ether oxygens (including phenoxy) is 1. The summed E-state index contributed by atoms with van der Waals surface area (Å²) in [5, 5.41) is 0. The first-order valence-corrected chi connectivity index (χ1v) is 12.6. The maximum Gasteiger partial charge on any atom is 0.494 e. The van der Waals surface area contributed by atoms with E-state index < -0.39 is 0 Å². The summed E-state index contributed by atoms with van der Waals surface area (Å²) in [5.41, 5.74) is 3.31. The summed E-state index contributed by atoms with van der Waals surface area (Å²) in [6.45, 7) is 8.45. The molecule has 2 aliphatic heterocycles. The number of fused-ring (bicyclic) bond motifs is 2. The normalized spacial score (nSPS) is 37.3. The quantitative estimate of drug-likeness (QED) is 0.535. The first kappa shape index (κ1) is 19.7. The molecule has 4 bridgehead atoms. The van der Waals surface area contributed by atoms with Crippen molar-refractivity contribution in [1.29, 1.82) is 0 Å². The van der Waals surface area contributed by atoms with Gasteiger partial charge in [-0.3, -0.25) is 0 Å². The summed E-state index contributed by atoms with van der Waals surface area (Å²) >= 11 is 0. The molecule has 0 radical (unpaired) electrons. The molecule has 2 aromatic rings. The molecule has 6 aliphatic rings. The van der Waals surface area contributed by atoms with Gasteiger partial charge in [-0.05, 0) is 101 Å². The van der Waals surface area contributed by atoms with Gasteiger partial charge in [0, 0.05) is 16.5 Å². The van der Waals surface area contributed by atoms with Crippen LogP contribution >= 0.6 is 0 Å². The second-order valence-electron chi connectivity index (χ2n) is 12.1. The van der Waals surface area contributed by atoms with Crippen LogP contribution in [0, 0.1) is 23.7 Å². The maximum absolute atomic E-state index is 6.60. The molecule has 1 saturated heterocycles. The van der Waals surface area contributed by atoms with E-state index in [0.29, 0.717) is 0 Å². The minimum Gasteiger partial charge on any atom is -0.457 e. The SMILES string of the molecule is CC1(C)OB(c2ccc3c(c2)Oc2ccccc2C32C3CC4CC(C3)CC2C4)OC1(C)C. The van der Waals surface area contributed by atoms with Crippen LogP contribution in [0.5, 0.6) is 11.5 Å². The summed E-state index contributed by atoms with van der Waals surface area (Å²) in [6.07, 6.45) is 6.97. The molecule has 3 nitrogen and oxygen atoms in total. The molecular weight excluding hydrogens is 395 g/mol. The Kier molecular flexibility index (Phi) is 3.82. The molecule has 0 unspecified atom stereocenters. The number of rotatable bonds is 1. The minimum atomic E-state index is -0.361. The van der Waals surface area contributed by atoms with Crippen LogP contribution in [-0.2, 0) is 14.7 Å². The van der Waals surface area contributed by atoms with E-state index in [9.17, 15) is 0 Å². The Morgan fingerprint density at radius 2 is 1.31 bits per heavy atom. The Bertz CT molecular complexity index is 1060. The van der Waals surface area contributed by atoms with Crippen molar-refractivity contribution >= 4 is 12.6 Å². The van der Waals surface area contributed by atoms with E-state index in [1.807, 2.05) is 0 Å². The van der Waals surface area contributed by atoms with Gasteiger partial charge in [-0.15, -0.1) is 0 Å². The predicted molar refractivity (Wildman–Crippen MR) is 126 cm³/mol. The van der Waals surface area contributed by atoms with Gasteiger partial charge in [0.2, 0.25) is 0 Å². The fraction of sp³-hybridized carbons (Fsp3) is 0.571. The van der Waals surface area contributed by atoms with Gasteiger partial charge in [0.25, 0.3) is 0 Å². The monoisotopic (exact) mass is 428 g/mol. The second kappa shape index (κ2) is 6.21. The van der Waals surface area contributed by atoms with E-state index in [-0.39, 0.29) is 23.7 Å². The topological polar surface area (TPSA) is 27.7 Å². The molecule has 4 aliphatic carbocycles. The highest BCUT2D eigenvalue weighted by Gasteiger charge is 2.61. The van der Waals surface area contributed by atoms with Crippen molar-refractivity contribution in [1.82, 2.24) is 0 Å². The van der Waals surface area contributed by atoms with Gasteiger partial charge < -0.3 is 14.0 Å². The molecular formula is C28H33BO3. The summed E-state index contributed by atoms with van der Waals surface area (Å²) in [4.78, 5) is 0. The third-order valence-corrected chi connectivity index (χ3v) is 9.96. The summed E-state index contributed by atoms with van der Waals surface area (Å²) < 4.78 is 19.3. The Morgan fingerprint density at radius 3 is 1.97 bits per heavy atom. The van der Waals surface area contributed by atoms with Crippen molar-refractivity contribution in [2.75, 3.05) is 0 Å². The number of benzene rings is 2. The highest BCUT2D eigenvalue weighted by molar-refractivity contribution is 6.62. The van der Waals surface area contributed by atoms with Gasteiger partial charge in [0.1, 0.15) is 11.5 Å². The molecule has 32 heavy (non-hydrogen) atoms. The summed E-state index contributed by atoms with van der Waals surface area (Å²) in [7, 11) is -0.361. The Balaban J connectivity index is 1.37. The van der Waals surface area contributed by atoms with E-state index in [4.69, 9.17) is 14.0 Å². The molecule has 4 saturated carbocycles. The standard InChI is InChI=1S/C28H33BO3/c1-26(2)27(3,4)32-29(31-26)21-9-10-23-25(16-21)30-24-8-6-5-7-22(24)28(23)19-12-17-11-18(14-19)15-20(28)13-17/h5-10,16-20H,11-15H2,1-4H3. The van der Waals surface area contributed by atoms with Crippen molar-refractivity contribution in [3.8, 4) is 11.5 Å². The zero-order valence-electron chi connectivity index (χ0n) is 19.7. The highest BCUT2D eigenvalue weighted by Crippen LogP contribution is 2.68. The van der Waals surface area contributed by atoms with Gasteiger partial charge in [0.15, 0.2) is 0 Å². The van der Waals surface area contributed by atoms with Crippen LogP contribution in [0.3, 0.4) is 0 Å². The fourth-order valence-corrected chi connectivity index (χ4v) is 8.06. The maximum atomic E-state index is 6.60. The predicted octanol–water partition coefficient (Wildman–Crippen LogP) is 5.83. The molecule has 0 atom stereocenters. The summed E-state index contributed by atoms with van der Waals surface area (Å²) in [6, 6.07) is 15.7. The van der Waals surface area contributed by atoms with Crippen LogP contribution in [0.2, 0.25) is 0 Å². The molecule has 166 valence electrons. The smallest absolute Gasteiger partial charge is 0.457 e. The van der Waals surface area contributed by atoms with Crippen LogP contribution in [0.15, 0.2) is 42.5 Å². The van der Waals surface area contributed by atoms with E-state index >= 15 is 0 Å². The molecule has 2 heterocycles. The van der Waals surface area contributed by atoms with Gasteiger partial charge in [-0.25, -0.2) is 0 Å². The summed E-state index contributed by atoms with van der Waals surface area (Å²) in [5.74, 6) is 5.40. The van der Waals surface area contributed by atoms with E-state index in [1.165, 1.54) is 43.2 Å². The zero-order chi connectivity index (χ0) is 21.9. The Morgan fingerprint density at radius 1 is 0.719 bits per heavy atom. The van der Waals surface area contributed by atoms with E-state index in [1.54, 1.807) is 0 Å². The van der Waals surface area contributed by atoms with Crippen molar-refractivity contribution in [2.45, 2.75) is 76.4 Å². The molecule has 1 spiro atoms. The zero-order valence-corrected chi connectivity index (χ0v) is 19.7. The Labute approximate surface area is 192 Å². The lowest BCUT2D eigenvalue weighted by Crippen LogP contribution is -2.57. The van der Waals surface area contributed by atoms with Gasteiger partial charge in [0.05, 0.1) is 11.2 Å². The average Bonchev–Trinajstić information content (AvgIpc) is 2.97. The molecule has 2 aromatic carbocycles. The van der Waals surface area contributed by atoms with Crippen LogP contribution < -0.4 is 10.2 Å². The second-order valence-corrected chi connectivity index (χ2v) is 12.1. The van der Waals surface area contributed by atoms with Gasteiger partial charge in [-0.1, -0.05) is 30.3 Å². The lowest BCUT2D eigenvalue weighted by Gasteiger charge is -2.63. The van der Waals surface area contributed by atoms with Crippen molar-refractivity contribution < 1.29 is 14.0 Å². The third kappa shape index (κ3) is 2.41. The van der Waals surface area contributed by atoms with Crippen molar-refractivity contribution in [2.24, 2.45) is 23.7 Å².